The SMILES string of the molecule is CCCCCCNC(=O)Nc1ccc(OC[C@H](O)CNC(C)C)cc1. The molecule has 0 aliphatic rings. The Morgan fingerprint density at radius 1 is 1.16 bits per heavy atom. The number of urea groups is 1. The number of unbranched alkanes of at least 4 members (excludes halogenated alkanes) is 3. The first kappa shape index (κ1) is 21.3. The second-order valence-electron chi connectivity index (χ2n) is 6.49. The highest BCUT2D eigenvalue weighted by Crippen LogP contribution is 2.15. The predicted molar refractivity (Wildman–Crippen MR) is 102 cm³/mol. The molecule has 0 saturated carbocycles. The zero-order valence-corrected chi connectivity index (χ0v) is 15.7. The average Bonchev–Trinajstić information content (AvgIpc) is 2.59. The molecule has 0 radical (unpaired) electrons. The normalized spacial score (nSPS) is 12.0. The standard InChI is InChI=1S/C19H33N3O3/c1-4-5-6-7-12-20-19(24)22-16-8-10-18(11-9-16)25-14-17(23)13-21-15(2)3/h8-11,15,17,21,23H,4-7,12-14H2,1-3H3,(H2,20,22,24)/t17-/m1/s1. The van der Waals surface area contributed by atoms with Crippen molar-refractivity contribution in [3.63, 3.8) is 0 Å². The Hall–Kier alpha value is -1.79. The molecule has 2 amide bonds. The van der Waals surface area contributed by atoms with Gasteiger partial charge in [0.15, 0.2) is 0 Å². The highest BCUT2D eigenvalue weighted by atomic mass is 16.5. The summed E-state index contributed by atoms with van der Waals surface area (Å²) in [6, 6.07) is 7.26. The Balaban J connectivity index is 2.25. The molecular weight excluding hydrogens is 318 g/mol. The third-order valence-electron chi connectivity index (χ3n) is 3.63. The summed E-state index contributed by atoms with van der Waals surface area (Å²) >= 11 is 0. The van der Waals surface area contributed by atoms with E-state index in [2.05, 4.69) is 22.9 Å². The Morgan fingerprint density at radius 3 is 2.52 bits per heavy atom. The van der Waals surface area contributed by atoms with E-state index in [9.17, 15) is 9.90 Å². The largest absolute Gasteiger partial charge is 0.491 e. The fourth-order valence-corrected chi connectivity index (χ4v) is 2.19. The van der Waals surface area contributed by atoms with Gasteiger partial charge in [-0.2, -0.15) is 0 Å². The van der Waals surface area contributed by atoms with Crippen molar-refractivity contribution in [2.45, 2.75) is 58.6 Å². The first-order valence-electron chi connectivity index (χ1n) is 9.20. The Kier molecular flexibility index (Phi) is 10.7. The lowest BCUT2D eigenvalue weighted by molar-refractivity contribution is 0.104. The molecule has 4 N–H and O–H groups in total. The molecule has 6 heteroatoms. The van der Waals surface area contributed by atoms with E-state index in [1.807, 2.05) is 13.8 Å². The summed E-state index contributed by atoms with van der Waals surface area (Å²) < 4.78 is 5.54. The summed E-state index contributed by atoms with van der Waals surface area (Å²) in [6.07, 6.45) is 3.97. The summed E-state index contributed by atoms with van der Waals surface area (Å²) in [5.74, 6) is 0.661. The monoisotopic (exact) mass is 351 g/mol. The molecule has 0 saturated heterocycles. The summed E-state index contributed by atoms with van der Waals surface area (Å²) in [5.41, 5.74) is 0.709. The van der Waals surface area contributed by atoms with Crippen molar-refractivity contribution in [1.29, 1.82) is 0 Å². The van der Waals surface area contributed by atoms with E-state index < -0.39 is 6.10 Å². The molecule has 6 nitrogen and oxygen atoms in total. The van der Waals surface area contributed by atoms with Crippen LogP contribution in [-0.2, 0) is 0 Å². The second kappa shape index (κ2) is 12.6. The van der Waals surface area contributed by atoms with E-state index in [0.29, 0.717) is 30.6 Å². The van der Waals surface area contributed by atoms with E-state index in [1.54, 1.807) is 24.3 Å². The van der Waals surface area contributed by atoms with Crippen molar-refractivity contribution in [2.75, 3.05) is 25.0 Å². The summed E-state index contributed by atoms with van der Waals surface area (Å²) in [4.78, 5) is 11.8. The first-order valence-corrected chi connectivity index (χ1v) is 9.20. The molecule has 0 aliphatic carbocycles. The number of hydrogen-bond acceptors (Lipinski definition) is 4. The molecule has 1 aromatic rings. The number of hydrogen-bond donors (Lipinski definition) is 4. The number of nitrogens with one attached hydrogen (secondary N) is 3. The minimum absolute atomic E-state index is 0.194. The number of benzene rings is 1. The van der Waals surface area contributed by atoms with Crippen LogP contribution in [0, 0.1) is 0 Å². The van der Waals surface area contributed by atoms with Crippen molar-refractivity contribution >= 4 is 11.7 Å². The van der Waals surface area contributed by atoms with Crippen LogP contribution in [0.4, 0.5) is 10.5 Å². The number of aliphatic hydroxyl groups is 1. The van der Waals surface area contributed by atoms with Crippen LogP contribution < -0.4 is 20.7 Å². The molecule has 0 aromatic heterocycles. The Morgan fingerprint density at radius 2 is 1.88 bits per heavy atom. The predicted octanol–water partition coefficient (Wildman–Crippen LogP) is 3.13. The third-order valence-corrected chi connectivity index (χ3v) is 3.63. The van der Waals surface area contributed by atoms with Crippen LogP contribution in [0.15, 0.2) is 24.3 Å². The summed E-state index contributed by atoms with van der Waals surface area (Å²) in [5, 5.41) is 18.6. The van der Waals surface area contributed by atoms with Gasteiger partial charge in [-0.15, -0.1) is 0 Å². The van der Waals surface area contributed by atoms with Crippen molar-refractivity contribution < 1.29 is 14.6 Å². The lowest BCUT2D eigenvalue weighted by Crippen LogP contribution is -2.35. The van der Waals surface area contributed by atoms with Gasteiger partial charge in [0.2, 0.25) is 0 Å². The number of anilines is 1. The van der Waals surface area contributed by atoms with Crippen molar-refractivity contribution in [3.05, 3.63) is 24.3 Å². The number of amides is 2. The minimum atomic E-state index is -0.557. The van der Waals surface area contributed by atoms with E-state index in [0.717, 1.165) is 12.8 Å². The summed E-state index contributed by atoms with van der Waals surface area (Å²) in [7, 11) is 0. The third kappa shape index (κ3) is 10.6. The minimum Gasteiger partial charge on any atom is -0.491 e. The van der Waals surface area contributed by atoms with Crippen LogP contribution in [0.2, 0.25) is 0 Å². The lowest BCUT2D eigenvalue weighted by atomic mass is 10.2. The Labute approximate surface area is 151 Å². The van der Waals surface area contributed by atoms with Gasteiger partial charge in [0, 0.05) is 24.8 Å². The lowest BCUT2D eigenvalue weighted by Gasteiger charge is -2.15. The first-order chi connectivity index (χ1) is 12.0. The van der Waals surface area contributed by atoms with Gasteiger partial charge in [0.25, 0.3) is 0 Å². The van der Waals surface area contributed by atoms with Crippen LogP contribution in [0.25, 0.3) is 0 Å². The molecular formula is C19H33N3O3. The number of ether oxygens (including phenoxy) is 1. The quantitative estimate of drug-likeness (QED) is 0.436. The van der Waals surface area contributed by atoms with Crippen LogP contribution >= 0.6 is 0 Å². The molecule has 1 aromatic carbocycles. The van der Waals surface area contributed by atoms with Gasteiger partial charge in [0.1, 0.15) is 18.5 Å². The molecule has 1 atom stereocenters. The van der Waals surface area contributed by atoms with Gasteiger partial charge in [-0.25, -0.2) is 4.79 Å². The molecule has 0 fully saturated rings. The van der Waals surface area contributed by atoms with Crippen LogP contribution in [0.3, 0.4) is 0 Å². The summed E-state index contributed by atoms with van der Waals surface area (Å²) in [6.45, 7) is 7.63. The van der Waals surface area contributed by atoms with Crippen LogP contribution in [0.5, 0.6) is 5.75 Å². The van der Waals surface area contributed by atoms with Gasteiger partial charge in [0.05, 0.1) is 0 Å². The number of carbonyl (C=O) groups excluding carboxylic acids is 1. The van der Waals surface area contributed by atoms with Crippen molar-refractivity contribution in [1.82, 2.24) is 10.6 Å². The van der Waals surface area contributed by atoms with Crippen molar-refractivity contribution in [3.8, 4) is 5.75 Å². The van der Waals surface area contributed by atoms with E-state index in [4.69, 9.17) is 4.74 Å². The van der Waals surface area contributed by atoms with Gasteiger partial charge in [-0.05, 0) is 30.7 Å². The molecule has 142 valence electrons. The molecule has 0 aliphatic heterocycles. The van der Waals surface area contributed by atoms with Gasteiger partial charge in [-0.1, -0.05) is 40.0 Å². The number of carbonyl (C=O) groups is 1. The van der Waals surface area contributed by atoms with E-state index >= 15 is 0 Å². The maximum Gasteiger partial charge on any atom is 0.319 e. The van der Waals surface area contributed by atoms with Crippen LogP contribution in [-0.4, -0.2) is 43.0 Å². The molecule has 0 spiro atoms. The Bertz CT molecular complexity index is 477. The maximum atomic E-state index is 11.8. The molecule has 0 unspecified atom stereocenters. The highest BCUT2D eigenvalue weighted by Gasteiger charge is 2.06. The van der Waals surface area contributed by atoms with Crippen molar-refractivity contribution in [2.24, 2.45) is 0 Å². The molecule has 0 bridgehead atoms. The zero-order valence-electron chi connectivity index (χ0n) is 15.7. The smallest absolute Gasteiger partial charge is 0.319 e. The van der Waals surface area contributed by atoms with E-state index in [1.165, 1.54) is 12.8 Å². The fourth-order valence-electron chi connectivity index (χ4n) is 2.19. The topological polar surface area (TPSA) is 82.6 Å². The molecule has 0 heterocycles. The number of rotatable bonds is 12. The average molecular weight is 351 g/mol. The van der Waals surface area contributed by atoms with Gasteiger partial charge < -0.3 is 25.8 Å². The van der Waals surface area contributed by atoms with Gasteiger partial charge >= 0.3 is 6.03 Å². The maximum absolute atomic E-state index is 11.8. The highest BCUT2D eigenvalue weighted by molar-refractivity contribution is 5.89. The van der Waals surface area contributed by atoms with Crippen LogP contribution in [0.1, 0.15) is 46.5 Å². The second-order valence-corrected chi connectivity index (χ2v) is 6.49. The molecule has 1 rings (SSSR count). The van der Waals surface area contributed by atoms with E-state index in [-0.39, 0.29) is 12.6 Å². The molecule has 25 heavy (non-hydrogen) atoms. The zero-order chi connectivity index (χ0) is 18.5. The fraction of sp³-hybridized carbons (Fsp3) is 0.632. The number of aliphatic hydroxyl groups excluding tert-OH is 1. The van der Waals surface area contributed by atoms with Gasteiger partial charge in [-0.3, -0.25) is 0 Å².